The highest BCUT2D eigenvalue weighted by atomic mass is 127. The minimum absolute atomic E-state index is 0.0591. The first-order valence-corrected chi connectivity index (χ1v) is 13.6. The predicted molar refractivity (Wildman–Crippen MR) is 128 cm³/mol. The fraction of sp³-hybridized carbons (Fsp3) is 0.211. The summed E-state index contributed by atoms with van der Waals surface area (Å²) in [4.78, 5) is 8.21. The van der Waals surface area contributed by atoms with E-state index >= 15 is 4.39 Å². The molecule has 0 amide bonds. The Morgan fingerprint density at radius 1 is 1.22 bits per heavy atom. The molecule has 0 fully saturated rings. The maximum absolute atomic E-state index is 15.3. The molecule has 7 nitrogen and oxygen atoms in total. The van der Waals surface area contributed by atoms with Crippen molar-refractivity contribution < 1.29 is 17.9 Å². The molecule has 0 saturated heterocycles. The molecule has 1 atom stereocenters. The molecule has 4 rings (SSSR count). The van der Waals surface area contributed by atoms with E-state index in [2.05, 4.69) is 20.4 Å². The Morgan fingerprint density at radius 3 is 2.56 bits per heavy atom. The quantitative estimate of drug-likeness (QED) is 0.159. The van der Waals surface area contributed by atoms with Gasteiger partial charge in [0.25, 0.3) is 6.43 Å². The summed E-state index contributed by atoms with van der Waals surface area (Å²) in [7, 11) is 3.11. The number of alkyl halides is 2. The van der Waals surface area contributed by atoms with Crippen molar-refractivity contribution in [3.8, 4) is 17.0 Å². The SMILES string of the molecule is COc1c(Nc2cc(Cl)nc3c2nc(C(F)F)n3PI)ccc(-c2cc(C)n(C)n2)c1F. The zero-order chi connectivity index (χ0) is 23.2. The molecule has 0 radical (unpaired) electrons. The molecule has 0 aliphatic carbocycles. The molecule has 168 valence electrons. The first-order chi connectivity index (χ1) is 15.2. The van der Waals surface area contributed by atoms with Gasteiger partial charge < -0.3 is 10.1 Å². The molecule has 3 heterocycles. The van der Waals surface area contributed by atoms with Gasteiger partial charge in [0.15, 0.2) is 23.0 Å². The van der Waals surface area contributed by atoms with Crippen LogP contribution in [-0.4, -0.2) is 31.2 Å². The van der Waals surface area contributed by atoms with Crippen molar-refractivity contribution in [3.05, 3.63) is 46.8 Å². The fourth-order valence-corrected chi connectivity index (χ4v) is 5.33. The monoisotopic (exact) mass is 594 g/mol. The van der Waals surface area contributed by atoms with E-state index in [0.717, 1.165) is 5.69 Å². The Morgan fingerprint density at radius 2 is 1.97 bits per heavy atom. The lowest BCUT2D eigenvalue weighted by Gasteiger charge is -2.14. The summed E-state index contributed by atoms with van der Waals surface area (Å²) >= 11 is 8.11. The van der Waals surface area contributed by atoms with Crippen molar-refractivity contribution in [2.45, 2.75) is 13.3 Å². The van der Waals surface area contributed by atoms with Gasteiger partial charge in [-0.05, 0) is 47.2 Å². The average Bonchev–Trinajstić information content (AvgIpc) is 3.28. The molecule has 13 heteroatoms. The number of methoxy groups -OCH3 is 1. The second kappa shape index (κ2) is 9.03. The second-order valence-corrected chi connectivity index (χ2v) is 9.23. The lowest BCUT2D eigenvalue weighted by Crippen LogP contribution is -2.00. The zero-order valence-corrected chi connectivity index (χ0v) is 20.8. The maximum atomic E-state index is 15.3. The molecule has 0 saturated carbocycles. The van der Waals surface area contributed by atoms with E-state index in [4.69, 9.17) is 16.3 Å². The van der Waals surface area contributed by atoms with Crippen molar-refractivity contribution >= 4 is 62.6 Å². The van der Waals surface area contributed by atoms with Crippen molar-refractivity contribution in [2.24, 2.45) is 7.05 Å². The number of pyridine rings is 1. The molecular formula is C19H16ClF3IN6OP. The summed E-state index contributed by atoms with van der Waals surface area (Å²) in [5.41, 5.74) is 2.58. The van der Waals surface area contributed by atoms with Crippen LogP contribution in [0, 0.1) is 12.7 Å². The topological polar surface area (TPSA) is 69.8 Å². The number of hydrogen-bond donors (Lipinski definition) is 1. The van der Waals surface area contributed by atoms with Crippen LogP contribution in [0.4, 0.5) is 24.5 Å². The van der Waals surface area contributed by atoms with Gasteiger partial charge in [-0.3, -0.25) is 9.02 Å². The Hall–Kier alpha value is -2.11. The Bertz CT molecular complexity index is 1310. The summed E-state index contributed by atoms with van der Waals surface area (Å²) in [6.45, 7) is 1.86. The molecule has 0 bridgehead atoms. The van der Waals surface area contributed by atoms with E-state index < -0.39 is 18.1 Å². The average molecular weight is 595 g/mol. The number of nitrogens with one attached hydrogen (secondary N) is 1. The van der Waals surface area contributed by atoms with Crippen molar-refractivity contribution in [3.63, 3.8) is 0 Å². The second-order valence-electron chi connectivity index (χ2n) is 6.78. The van der Waals surface area contributed by atoms with E-state index in [9.17, 15) is 8.78 Å². The van der Waals surface area contributed by atoms with Crippen LogP contribution in [0.15, 0.2) is 24.3 Å². The third kappa shape index (κ3) is 4.01. The molecular weight excluding hydrogens is 579 g/mol. The number of benzene rings is 1. The molecule has 0 aliphatic heterocycles. The Balaban J connectivity index is 1.83. The number of nitrogens with zero attached hydrogens (tertiary/aromatic N) is 5. The number of aromatic nitrogens is 5. The van der Waals surface area contributed by atoms with Crippen LogP contribution in [0.2, 0.25) is 5.15 Å². The molecule has 0 aliphatic rings. The minimum Gasteiger partial charge on any atom is -0.492 e. The minimum atomic E-state index is -2.79. The number of imidazole rings is 1. The van der Waals surface area contributed by atoms with Gasteiger partial charge in [-0.2, -0.15) is 5.10 Å². The highest BCUT2D eigenvalue weighted by molar-refractivity contribution is 14.2. The molecule has 1 aromatic carbocycles. The van der Waals surface area contributed by atoms with Crippen LogP contribution in [0.3, 0.4) is 0 Å². The summed E-state index contributed by atoms with van der Waals surface area (Å²) in [6, 6.07) is 6.39. The third-order valence-corrected chi connectivity index (χ3v) is 7.10. The van der Waals surface area contributed by atoms with Crippen molar-refractivity contribution in [1.29, 1.82) is 0 Å². The van der Waals surface area contributed by atoms with E-state index in [1.165, 1.54) is 17.5 Å². The normalized spacial score (nSPS) is 11.9. The van der Waals surface area contributed by atoms with Gasteiger partial charge in [0.1, 0.15) is 10.7 Å². The number of anilines is 2. The lowest BCUT2D eigenvalue weighted by atomic mass is 10.1. The summed E-state index contributed by atoms with van der Waals surface area (Å²) < 4.78 is 50.5. The number of hydrogen-bond acceptors (Lipinski definition) is 5. The number of ether oxygens (including phenoxy) is 1. The molecule has 4 aromatic rings. The Kier molecular flexibility index (Phi) is 6.51. The largest absolute Gasteiger partial charge is 0.492 e. The Labute approximate surface area is 200 Å². The van der Waals surface area contributed by atoms with Crippen LogP contribution in [0.1, 0.15) is 17.9 Å². The van der Waals surface area contributed by atoms with Crippen LogP contribution in [0.25, 0.3) is 22.4 Å². The first kappa shape index (κ1) is 23.1. The molecule has 1 unspecified atom stereocenters. The van der Waals surface area contributed by atoms with Gasteiger partial charge >= 0.3 is 0 Å². The van der Waals surface area contributed by atoms with Crippen LogP contribution < -0.4 is 10.1 Å². The molecule has 32 heavy (non-hydrogen) atoms. The van der Waals surface area contributed by atoms with Gasteiger partial charge in [0.2, 0.25) is 0 Å². The summed E-state index contributed by atoms with van der Waals surface area (Å²) in [6.07, 6.45) is -2.84. The lowest BCUT2D eigenvalue weighted by molar-refractivity contribution is 0.140. The zero-order valence-electron chi connectivity index (χ0n) is 16.9. The summed E-state index contributed by atoms with van der Waals surface area (Å²) in [5.74, 6) is -1.08. The highest BCUT2D eigenvalue weighted by Gasteiger charge is 2.23. The van der Waals surface area contributed by atoms with E-state index in [1.54, 1.807) is 29.9 Å². The van der Waals surface area contributed by atoms with Gasteiger partial charge in [0, 0.05) is 24.4 Å². The van der Waals surface area contributed by atoms with Crippen molar-refractivity contribution in [1.82, 2.24) is 24.1 Å². The van der Waals surface area contributed by atoms with Crippen LogP contribution in [0.5, 0.6) is 5.75 Å². The first-order valence-electron chi connectivity index (χ1n) is 9.13. The van der Waals surface area contributed by atoms with E-state index in [1.807, 2.05) is 29.0 Å². The van der Waals surface area contributed by atoms with Gasteiger partial charge in [-0.1, -0.05) is 11.6 Å². The van der Waals surface area contributed by atoms with Gasteiger partial charge in [-0.15, -0.1) is 0 Å². The van der Waals surface area contributed by atoms with Crippen LogP contribution in [-0.2, 0) is 7.05 Å². The number of halogens is 5. The highest BCUT2D eigenvalue weighted by Crippen LogP contribution is 2.41. The van der Waals surface area contributed by atoms with E-state index in [-0.39, 0.29) is 39.7 Å². The van der Waals surface area contributed by atoms with Gasteiger partial charge in [-0.25, -0.2) is 23.1 Å². The van der Waals surface area contributed by atoms with Crippen LogP contribution >= 0.6 is 40.0 Å². The van der Waals surface area contributed by atoms with Gasteiger partial charge in [0.05, 0.1) is 30.6 Å². The number of fused-ring (bicyclic) bond motifs is 1. The molecule has 0 spiro atoms. The predicted octanol–water partition coefficient (Wildman–Crippen LogP) is 6.41. The van der Waals surface area contributed by atoms with Crippen molar-refractivity contribution in [2.75, 3.05) is 12.4 Å². The molecule has 1 N–H and O–H groups in total. The smallest absolute Gasteiger partial charge is 0.295 e. The summed E-state index contributed by atoms with van der Waals surface area (Å²) in [5, 5.41) is 7.40. The molecule has 3 aromatic heterocycles. The third-order valence-electron chi connectivity index (χ3n) is 4.85. The fourth-order valence-electron chi connectivity index (χ4n) is 3.25. The number of aryl methyl sites for hydroxylation is 2. The maximum Gasteiger partial charge on any atom is 0.295 e. The number of rotatable bonds is 6. The standard InChI is InChI=1S/C19H16ClF3IN6OP/c1-8-6-11(28-29(8)2)9-4-5-10(16(31-3)14(9)21)25-12-7-13(20)26-18-15(12)27-19(17(22)23)30(18)32-24/h4-7,17,32H,1-3H3,(H,25,26). The van der Waals surface area contributed by atoms with E-state index in [0.29, 0.717) is 11.4 Å².